The first kappa shape index (κ1) is 12.5. The number of nitrogens with one attached hydrogen (secondary N) is 1. The molecule has 1 unspecified atom stereocenters. The lowest BCUT2D eigenvalue weighted by Crippen LogP contribution is -2.56. The first-order valence-electron chi connectivity index (χ1n) is 5.81. The van der Waals surface area contributed by atoms with Gasteiger partial charge in [0.25, 0.3) is 0 Å². The van der Waals surface area contributed by atoms with E-state index in [1.165, 1.54) is 0 Å². The number of rotatable bonds is 4. The zero-order valence-electron chi connectivity index (χ0n) is 10.1. The van der Waals surface area contributed by atoms with Gasteiger partial charge in [-0.2, -0.15) is 0 Å². The van der Waals surface area contributed by atoms with E-state index < -0.39 is 0 Å². The first-order valence-corrected chi connectivity index (χ1v) is 5.81. The highest BCUT2D eigenvalue weighted by Crippen LogP contribution is 2.05. The summed E-state index contributed by atoms with van der Waals surface area (Å²) in [6.45, 7) is 5.81. The molecule has 0 aromatic carbocycles. The molecular weight excluding hydrogens is 190 g/mol. The van der Waals surface area contributed by atoms with Crippen LogP contribution >= 0.6 is 0 Å². The van der Waals surface area contributed by atoms with Gasteiger partial charge in [0.15, 0.2) is 0 Å². The summed E-state index contributed by atoms with van der Waals surface area (Å²) in [5.74, 6) is 0.178. The Labute approximate surface area is 92.6 Å². The Hall–Kier alpha value is -0.610. The molecule has 88 valence electrons. The SMILES string of the molecule is CCCCNC(=O)C1CN(C)CCN1C. The maximum Gasteiger partial charge on any atom is 0.238 e. The average molecular weight is 213 g/mol. The molecule has 1 rings (SSSR count). The molecule has 0 bridgehead atoms. The van der Waals surface area contributed by atoms with Gasteiger partial charge in [0.2, 0.25) is 5.91 Å². The summed E-state index contributed by atoms with van der Waals surface area (Å²) in [5.41, 5.74) is 0. The predicted molar refractivity (Wildman–Crippen MR) is 61.8 cm³/mol. The van der Waals surface area contributed by atoms with Crippen LogP contribution in [0.3, 0.4) is 0 Å². The molecule has 0 aliphatic carbocycles. The van der Waals surface area contributed by atoms with Crippen LogP contribution < -0.4 is 5.32 Å². The lowest BCUT2D eigenvalue weighted by molar-refractivity contribution is -0.127. The zero-order valence-corrected chi connectivity index (χ0v) is 10.1. The molecule has 0 aromatic heterocycles. The van der Waals surface area contributed by atoms with Gasteiger partial charge < -0.3 is 10.2 Å². The smallest absolute Gasteiger partial charge is 0.238 e. The van der Waals surface area contributed by atoms with Crippen LogP contribution in [0.2, 0.25) is 0 Å². The molecule has 4 nitrogen and oxygen atoms in total. The number of carbonyl (C=O) groups is 1. The van der Waals surface area contributed by atoms with E-state index in [0.717, 1.165) is 39.0 Å². The average Bonchev–Trinajstić information content (AvgIpc) is 2.22. The van der Waals surface area contributed by atoms with Gasteiger partial charge in [-0.25, -0.2) is 0 Å². The van der Waals surface area contributed by atoms with Gasteiger partial charge in [0.1, 0.15) is 6.04 Å². The molecule has 0 aromatic rings. The van der Waals surface area contributed by atoms with Crippen LogP contribution in [0.1, 0.15) is 19.8 Å². The van der Waals surface area contributed by atoms with E-state index in [2.05, 4.69) is 29.1 Å². The maximum atomic E-state index is 11.8. The normalized spacial score (nSPS) is 24.1. The maximum absolute atomic E-state index is 11.8. The van der Waals surface area contributed by atoms with E-state index in [1.807, 2.05) is 7.05 Å². The number of amides is 1. The number of carbonyl (C=O) groups excluding carboxylic acids is 1. The van der Waals surface area contributed by atoms with Crippen LogP contribution in [0.25, 0.3) is 0 Å². The lowest BCUT2D eigenvalue weighted by Gasteiger charge is -2.36. The van der Waals surface area contributed by atoms with E-state index in [9.17, 15) is 4.79 Å². The highest BCUT2D eigenvalue weighted by Gasteiger charge is 2.27. The van der Waals surface area contributed by atoms with Crippen molar-refractivity contribution in [2.75, 3.05) is 40.3 Å². The molecule has 1 heterocycles. The van der Waals surface area contributed by atoms with E-state index in [0.29, 0.717) is 0 Å². The van der Waals surface area contributed by atoms with Crippen molar-refractivity contribution in [3.63, 3.8) is 0 Å². The van der Waals surface area contributed by atoms with Crippen molar-refractivity contribution in [3.05, 3.63) is 0 Å². The Morgan fingerprint density at radius 1 is 1.40 bits per heavy atom. The van der Waals surface area contributed by atoms with Crippen LogP contribution in [-0.2, 0) is 4.79 Å². The second-order valence-electron chi connectivity index (χ2n) is 4.40. The van der Waals surface area contributed by atoms with Crippen molar-refractivity contribution in [2.45, 2.75) is 25.8 Å². The van der Waals surface area contributed by atoms with Gasteiger partial charge in [-0.05, 0) is 20.5 Å². The molecule has 15 heavy (non-hydrogen) atoms. The van der Waals surface area contributed by atoms with Crippen LogP contribution in [0.5, 0.6) is 0 Å². The molecule has 0 spiro atoms. The van der Waals surface area contributed by atoms with Gasteiger partial charge in [-0.1, -0.05) is 13.3 Å². The molecular formula is C11H23N3O. The van der Waals surface area contributed by atoms with Crippen LogP contribution in [-0.4, -0.2) is 62.0 Å². The van der Waals surface area contributed by atoms with E-state index >= 15 is 0 Å². The van der Waals surface area contributed by atoms with E-state index in [4.69, 9.17) is 0 Å². The summed E-state index contributed by atoms with van der Waals surface area (Å²) in [6.07, 6.45) is 2.19. The van der Waals surface area contributed by atoms with Crippen LogP contribution in [0.15, 0.2) is 0 Å². The van der Waals surface area contributed by atoms with Gasteiger partial charge in [-0.3, -0.25) is 9.69 Å². The highest BCUT2D eigenvalue weighted by atomic mass is 16.2. The summed E-state index contributed by atoms with van der Waals surface area (Å²) in [6, 6.07) is 0.0283. The lowest BCUT2D eigenvalue weighted by atomic mass is 10.1. The Bertz CT molecular complexity index is 208. The predicted octanol–water partition coefficient (Wildman–Crippen LogP) is 0.149. The highest BCUT2D eigenvalue weighted by molar-refractivity contribution is 5.82. The van der Waals surface area contributed by atoms with Crippen molar-refractivity contribution in [2.24, 2.45) is 0 Å². The number of unbranched alkanes of at least 4 members (excludes halogenated alkanes) is 1. The minimum absolute atomic E-state index is 0.0283. The molecule has 1 saturated heterocycles. The summed E-state index contributed by atoms with van der Waals surface area (Å²) in [5, 5.41) is 3.00. The first-order chi connectivity index (χ1) is 7.15. The minimum Gasteiger partial charge on any atom is -0.355 e. The Morgan fingerprint density at radius 2 is 2.13 bits per heavy atom. The van der Waals surface area contributed by atoms with Crippen molar-refractivity contribution < 1.29 is 4.79 Å². The molecule has 1 aliphatic heterocycles. The molecule has 1 fully saturated rings. The second-order valence-corrected chi connectivity index (χ2v) is 4.40. The Balaban J connectivity index is 2.35. The Morgan fingerprint density at radius 3 is 2.80 bits per heavy atom. The quantitative estimate of drug-likeness (QED) is 0.675. The topological polar surface area (TPSA) is 35.6 Å². The summed E-state index contributed by atoms with van der Waals surface area (Å²) >= 11 is 0. The molecule has 0 saturated carbocycles. The molecule has 1 N–H and O–H groups in total. The fourth-order valence-corrected chi connectivity index (χ4v) is 1.80. The standard InChI is InChI=1S/C11H23N3O/c1-4-5-6-12-11(15)10-9-13(2)7-8-14(10)3/h10H,4-9H2,1-3H3,(H,12,15). The molecule has 1 amide bonds. The molecule has 1 aliphatic rings. The fourth-order valence-electron chi connectivity index (χ4n) is 1.80. The van der Waals surface area contributed by atoms with Crippen molar-refractivity contribution in [1.29, 1.82) is 0 Å². The third kappa shape index (κ3) is 3.80. The van der Waals surface area contributed by atoms with E-state index in [1.54, 1.807) is 0 Å². The third-order valence-corrected chi connectivity index (χ3v) is 2.98. The van der Waals surface area contributed by atoms with Crippen molar-refractivity contribution >= 4 is 5.91 Å². The zero-order chi connectivity index (χ0) is 11.3. The van der Waals surface area contributed by atoms with Gasteiger partial charge in [-0.15, -0.1) is 0 Å². The van der Waals surface area contributed by atoms with Crippen molar-refractivity contribution in [1.82, 2.24) is 15.1 Å². The summed E-state index contributed by atoms with van der Waals surface area (Å²) < 4.78 is 0. The largest absolute Gasteiger partial charge is 0.355 e. The number of likely N-dealkylation sites (N-methyl/N-ethyl adjacent to an activating group) is 2. The van der Waals surface area contributed by atoms with Crippen molar-refractivity contribution in [3.8, 4) is 0 Å². The minimum atomic E-state index is 0.0283. The monoisotopic (exact) mass is 213 g/mol. The number of nitrogens with zero attached hydrogens (tertiary/aromatic N) is 2. The molecule has 0 radical (unpaired) electrons. The number of hydrogen-bond acceptors (Lipinski definition) is 3. The summed E-state index contributed by atoms with van der Waals surface area (Å²) in [7, 11) is 4.09. The second kappa shape index (κ2) is 6.08. The number of piperazine rings is 1. The summed E-state index contributed by atoms with van der Waals surface area (Å²) in [4.78, 5) is 16.2. The van der Waals surface area contributed by atoms with E-state index in [-0.39, 0.29) is 11.9 Å². The van der Waals surface area contributed by atoms with Gasteiger partial charge in [0.05, 0.1) is 0 Å². The Kier molecular flexibility index (Phi) is 5.05. The fraction of sp³-hybridized carbons (Fsp3) is 0.909. The third-order valence-electron chi connectivity index (χ3n) is 2.98. The van der Waals surface area contributed by atoms with Gasteiger partial charge >= 0.3 is 0 Å². The molecule has 1 atom stereocenters. The molecule has 4 heteroatoms. The number of hydrogen-bond donors (Lipinski definition) is 1. The van der Waals surface area contributed by atoms with Crippen LogP contribution in [0.4, 0.5) is 0 Å². The van der Waals surface area contributed by atoms with Gasteiger partial charge in [0, 0.05) is 26.2 Å². The van der Waals surface area contributed by atoms with Crippen LogP contribution in [0, 0.1) is 0 Å².